The van der Waals surface area contributed by atoms with Gasteiger partial charge in [-0.05, 0) is 55.5 Å². The Morgan fingerprint density at radius 1 is 0.909 bits per heavy atom. The van der Waals surface area contributed by atoms with E-state index in [1.807, 2.05) is 12.1 Å². The monoisotopic (exact) mass is 604 g/mol. The number of nitrogens with zero attached hydrogens (tertiary/aromatic N) is 1. The number of hydrazine groups is 1. The van der Waals surface area contributed by atoms with Gasteiger partial charge in [-0.3, -0.25) is 44.4 Å². The Labute approximate surface area is 256 Å². The second-order valence-corrected chi connectivity index (χ2v) is 11.0. The summed E-state index contributed by atoms with van der Waals surface area (Å²) < 4.78 is 0. The molecule has 2 aromatic rings. The second-order valence-electron chi connectivity index (χ2n) is 11.0. The normalized spacial score (nSPS) is 16.0. The molecule has 0 spiro atoms. The summed E-state index contributed by atoms with van der Waals surface area (Å²) in [6, 6.07) is 11.0. The first-order valence-electron chi connectivity index (χ1n) is 15.3. The van der Waals surface area contributed by atoms with Gasteiger partial charge in [-0.1, -0.05) is 44.4 Å². The molecule has 0 radical (unpaired) electrons. The van der Waals surface area contributed by atoms with Crippen LogP contribution in [0.15, 0.2) is 42.5 Å². The minimum Gasteiger partial charge on any atom is -0.384 e. The first kappa shape index (κ1) is 32.3. The Bertz CT molecular complexity index is 1390. The fraction of sp³-hybridized carbons (Fsp3) is 0.438. The molecule has 12 nitrogen and oxygen atoms in total. The molecular formula is C32H40N6O6. The third-order valence-electron chi connectivity index (χ3n) is 7.68. The molecule has 0 aliphatic carbocycles. The first-order valence-corrected chi connectivity index (χ1v) is 15.3. The van der Waals surface area contributed by atoms with Crippen LogP contribution in [0.2, 0.25) is 0 Å². The zero-order valence-corrected chi connectivity index (χ0v) is 25.0. The number of rotatable bonds is 16. The number of nitrogens with one attached hydrogen (secondary N) is 5. The standard InChI is InChI=1S/C32H40N6O6/c1-2-3-4-6-19-35-37-29(41)22-14-12-21(13-15-22)20-34-26(39)11-5-7-18-33-24-10-8-9-23-28(24)32(44)38(31(23)43)25-16-17-27(40)36-30(25)42/h8-10,12-15,25,33,35H,2-7,11,16-20H2,1H3,(H,34,39)(H,37,41)(H,36,40,42). The number of hydrogen-bond acceptors (Lipinski definition) is 8. The van der Waals surface area contributed by atoms with Crippen LogP contribution in [0, 0.1) is 0 Å². The molecular weight excluding hydrogens is 564 g/mol. The molecule has 2 aliphatic rings. The Balaban J connectivity index is 1.15. The zero-order chi connectivity index (χ0) is 31.5. The lowest BCUT2D eigenvalue weighted by Gasteiger charge is -2.27. The highest BCUT2D eigenvalue weighted by molar-refractivity contribution is 6.25. The summed E-state index contributed by atoms with van der Waals surface area (Å²) in [5.74, 6) is -2.49. The van der Waals surface area contributed by atoms with Gasteiger partial charge in [0.2, 0.25) is 17.7 Å². The van der Waals surface area contributed by atoms with Crippen molar-refractivity contribution in [1.29, 1.82) is 0 Å². The van der Waals surface area contributed by atoms with Crippen molar-refractivity contribution in [3.05, 3.63) is 64.7 Å². The minimum absolute atomic E-state index is 0.0603. The molecule has 5 N–H and O–H groups in total. The highest BCUT2D eigenvalue weighted by Crippen LogP contribution is 2.32. The highest BCUT2D eigenvalue weighted by atomic mass is 16.2. The summed E-state index contributed by atoms with van der Waals surface area (Å²) >= 11 is 0. The number of fused-ring (bicyclic) bond motifs is 1. The predicted octanol–water partition coefficient (Wildman–Crippen LogP) is 2.80. The van der Waals surface area contributed by atoms with Crippen molar-refractivity contribution in [2.45, 2.75) is 77.3 Å². The third-order valence-corrected chi connectivity index (χ3v) is 7.68. The van der Waals surface area contributed by atoms with Crippen LogP contribution >= 0.6 is 0 Å². The summed E-state index contributed by atoms with van der Waals surface area (Å²) in [5.41, 5.74) is 7.98. The molecule has 0 aromatic heterocycles. The summed E-state index contributed by atoms with van der Waals surface area (Å²) in [6.07, 6.45) is 6.22. The maximum Gasteiger partial charge on any atom is 0.265 e. The van der Waals surface area contributed by atoms with E-state index in [0.29, 0.717) is 43.6 Å². The van der Waals surface area contributed by atoms with Crippen LogP contribution in [-0.2, 0) is 20.9 Å². The lowest BCUT2D eigenvalue weighted by atomic mass is 10.0. The Hall–Kier alpha value is -4.58. The number of piperidine rings is 1. The van der Waals surface area contributed by atoms with Gasteiger partial charge >= 0.3 is 0 Å². The third kappa shape index (κ3) is 8.28. The van der Waals surface area contributed by atoms with Crippen LogP contribution < -0.4 is 26.8 Å². The van der Waals surface area contributed by atoms with Gasteiger partial charge < -0.3 is 10.6 Å². The fourth-order valence-corrected chi connectivity index (χ4v) is 5.21. The maximum absolute atomic E-state index is 13.2. The summed E-state index contributed by atoms with van der Waals surface area (Å²) in [7, 11) is 0. The Morgan fingerprint density at radius 3 is 2.43 bits per heavy atom. The van der Waals surface area contributed by atoms with Crippen LogP contribution in [0.1, 0.15) is 101 Å². The molecule has 0 bridgehead atoms. The van der Waals surface area contributed by atoms with Crippen molar-refractivity contribution in [2.75, 3.05) is 18.4 Å². The molecule has 1 fully saturated rings. The van der Waals surface area contributed by atoms with E-state index < -0.39 is 29.7 Å². The van der Waals surface area contributed by atoms with E-state index in [-0.39, 0.29) is 35.8 Å². The predicted molar refractivity (Wildman–Crippen MR) is 163 cm³/mol. The Kier molecular flexibility index (Phi) is 11.6. The molecule has 2 aliphatic heterocycles. The van der Waals surface area contributed by atoms with Crippen LogP contribution in [0.5, 0.6) is 0 Å². The second kappa shape index (κ2) is 15.8. The molecule has 4 rings (SSSR count). The number of anilines is 1. The van der Waals surface area contributed by atoms with Crippen LogP contribution in [0.4, 0.5) is 5.69 Å². The van der Waals surface area contributed by atoms with E-state index in [9.17, 15) is 28.8 Å². The van der Waals surface area contributed by atoms with E-state index in [1.165, 1.54) is 12.8 Å². The number of unbranched alkanes of at least 4 members (excludes halogenated alkanes) is 4. The highest BCUT2D eigenvalue weighted by Gasteiger charge is 2.45. The van der Waals surface area contributed by atoms with Gasteiger partial charge in [0.25, 0.3) is 17.7 Å². The fourth-order valence-electron chi connectivity index (χ4n) is 5.21. The molecule has 6 amide bonds. The van der Waals surface area contributed by atoms with E-state index in [1.54, 1.807) is 30.3 Å². The molecule has 234 valence electrons. The number of hydrogen-bond donors (Lipinski definition) is 5. The van der Waals surface area contributed by atoms with Crippen molar-refractivity contribution in [3.8, 4) is 0 Å². The van der Waals surface area contributed by atoms with Crippen molar-refractivity contribution in [3.63, 3.8) is 0 Å². The molecule has 2 aromatic carbocycles. The molecule has 1 saturated heterocycles. The van der Waals surface area contributed by atoms with Gasteiger partial charge in [0.15, 0.2) is 0 Å². The quantitative estimate of drug-likeness (QED) is 0.111. The number of imide groups is 2. The van der Waals surface area contributed by atoms with Gasteiger partial charge in [0.05, 0.1) is 11.1 Å². The number of carbonyl (C=O) groups excluding carboxylic acids is 6. The van der Waals surface area contributed by atoms with E-state index in [4.69, 9.17) is 0 Å². The molecule has 1 unspecified atom stereocenters. The topological polar surface area (TPSA) is 166 Å². The van der Waals surface area contributed by atoms with E-state index in [2.05, 4.69) is 33.7 Å². The van der Waals surface area contributed by atoms with Crippen molar-refractivity contribution in [1.82, 2.24) is 26.4 Å². The average molecular weight is 605 g/mol. The van der Waals surface area contributed by atoms with Gasteiger partial charge in [0.1, 0.15) is 6.04 Å². The molecule has 1 atom stereocenters. The number of amides is 6. The van der Waals surface area contributed by atoms with Gasteiger partial charge in [-0.25, -0.2) is 5.43 Å². The lowest BCUT2D eigenvalue weighted by Crippen LogP contribution is -2.54. The zero-order valence-electron chi connectivity index (χ0n) is 25.0. The minimum atomic E-state index is -1.02. The molecule has 0 saturated carbocycles. The number of carbonyl (C=O) groups is 6. The summed E-state index contributed by atoms with van der Waals surface area (Å²) in [6.45, 7) is 3.71. The summed E-state index contributed by atoms with van der Waals surface area (Å²) in [5, 5.41) is 8.27. The van der Waals surface area contributed by atoms with Gasteiger partial charge in [-0.15, -0.1) is 0 Å². The molecule has 2 heterocycles. The SMILES string of the molecule is CCCCCCNNC(=O)c1ccc(CNC(=O)CCCCNc2cccc3c2C(=O)N(C2CCC(=O)NC2=O)C3=O)cc1. The maximum atomic E-state index is 13.2. The van der Waals surface area contributed by atoms with Gasteiger partial charge in [0, 0.05) is 43.7 Å². The lowest BCUT2D eigenvalue weighted by molar-refractivity contribution is -0.136. The van der Waals surface area contributed by atoms with Gasteiger partial charge in [-0.2, -0.15) is 0 Å². The van der Waals surface area contributed by atoms with Crippen molar-refractivity contribution < 1.29 is 28.8 Å². The van der Waals surface area contributed by atoms with E-state index >= 15 is 0 Å². The van der Waals surface area contributed by atoms with Crippen LogP contribution in [0.25, 0.3) is 0 Å². The summed E-state index contributed by atoms with van der Waals surface area (Å²) in [4.78, 5) is 75.5. The molecule has 44 heavy (non-hydrogen) atoms. The van der Waals surface area contributed by atoms with Crippen molar-refractivity contribution in [2.24, 2.45) is 0 Å². The smallest absolute Gasteiger partial charge is 0.265 e. The Morgan fingerprint density at radius 2 is 1.68 bits per heavy atom. The molecule has 12 heteroatoms. The average Bonchev–Trinajstić information content (AvgIpc) is 3.27. The van der Waals surface area contributed by atoms with Crippen LogP contribution in [-0.4, -0.2) is 59.5 Å². The first-order chi connectivity index (χ1) is 21.3. The number of benzene rings is 2. The largest absolute Gasteiger partial charge is 0.384 e. The van der Waals surface area contributed by atoms with Crippen LogP contribution in [0.3, 0.4) is 0 Å². The van der Waals surface area contributed by atoms with Crippen molar-refractivity contribution >= 4 is 41.1 Å². The van der Waals surface area contributed by atoms with E-state index in [0.717, 1.165) is 29.8 Å².